The lowest BCUT2D eigenvalue weighted by atomic mass is 9.87. The quantitative estimate of drug-likeness (QED) is 0.195. The average Bonchev–Trinajstić information content (AvgIpc) is 3.65. The molecule has 16 heteroatoms. The van der Waals surface area contributed by atoms with Gasteiger partial charge in [0, 0.05) is 15.7 Å². The second kappa shape index (κ2) is 10.9. The molecule has 4 heterocycles. The molecule has 1 fully saturated rings. The number of nitrogens with zero attached hydrogens (tertiary/aromatic N) is 2. The Balaban J connectivity index is 1.37. The summed E-state index contributed by atoms with van der Waals surface area (Å²) in [4.78, 5) is 54.7. The van der Waals surface area contributed by atoms with Gasteiger partial charge < -0.3 is 5.32 Å². The molecule has 7 nitrogen and oxygen atoms in total. The summed E-state index contributed by atoms with van der Waals surface area (Å²) in [6.07, 6.45) is -9.47. The van der Waals surface area contributed by atoms with Crippen LogP contribution in [0.5, 0.6) is 0 Å². The zero-order valence-electron chi connectivity index (χ0n) is 21.8. The maximum absolute atomic E-state index is 13.8. The first-order valence-electron chi connectivity index (χ1n) is 12.7. The van der Waals surface area contributed by atoms with Crippen molar-refractivity contribution in [3.05, 3.63) is 96.6 Å². The molecule has 1 N–H and O–H groups in total. The molecule has 0 aliphatic carbocycles. The zero-order chi connectivity index (χ0) is 31.6. The third kappa shape index (κ3) is 5.24. The van der Waals surface area contributed by atoms with E-state index in [-0.39, 0.29) is 10.7 Å². The summed E-state index contributed by atoms with van der Waals surface area (Å²) in [5, 5.41) is 2.96. The van der Waals surface area contributed by atoms with Gasteiger partial charge in [0.1, 0.15) is 11.8 Å². The molecule has 228 valence electrons. The number of aromatic nitrogens is 1. The van der Waals surface area contributed by atoms with E-state index in [0.29, 0.717) is 15.8 Å². The molecule has 0 saturated carbocycles. The number of amides is 3. The maximum atomic E-state index is 13.8. The molecule has 2 aliphatic heterocycles. The van der Waals surface area contributed by atoms with Gasteiger partial charge in [-0.15, -0.1) is 11.3 Å². The first-order valence-corrected chi connectivity index (χ1v) is 15.3. The topological polar surface area (TPSA) is 88.5 Å². The Kier molecular flexibility index (Phi) is 7.49. The second-order valence-corrected chi connectivity index (χ2v) is 12.9. The Hall–Kier alpha value is -3.89. The number of thioether (sulfide) groups is 1. The Morgan fingerprint density at radius 1 is 0.886 bits per heavy atom. The number of thiophene rings is 1. The molecular weight excluding hydrogens is 653 g/mol. The summed E-state index contributed by atoms with van der Waals surface area (Å²) in [5.74, 6) is -4.34. The predicted octanol–water partition coefficient (Wildman–Crippen LogP) is 6.44. The van der Waals surface area contributed by atoms with Crippen molar-refractivity contribution in [1.82, 2.24) is 4.57 Å². The van der Waals surface area contributed by atoms with Crippen molar-refractivity contribution in [2.75, 3.05) is 10.2 Å². The molecule has 2 aromatic carbocycles. The molecule has 1 saturated heterocycles. The number of benzene rings is 2. The standard InChI is InChI=1S/C28H17F6N3O4S3/c29-27(30,31)13-5-3-6-14(11-13)37-23(39)20-19(17-9-4-10-42-17)22-25(43-21(20)24(37)40)36(26(41)44-22)12-18(38)35-16-8-2-1-7-15(16)28(32,33)34/h1-11,19-21H,12H2,(H,35,38)/t19-,20?,21?/m1/s1. The molecular formula is C28H17F6N3O4S3. The van der Waals surface area contributed by atoms with Crippen molar-refractivity contribution in [3.63, 3.8) is 0 Å². The summed E-state index contributed by atoms with van der Waals surface area (Å²) in [6, 6.07) is 11.6. The lowest BCUT2D eigenvalue weighted by molar-refractivity contribution is -0.138. The number of anilines is 2. The van der Waals surface area contributed by atoms with E-state index in [2.05, 4.69) is 5.32 Å². The van der Waals surface area contributed by atoms with Crippen LogP contribution in [-0.4, -0.2) is 27.5 Å². The number of alkyl halides is 6. The normalized spacial score (nSPS) is 20.0. The van der Waals surface area contributed by atoms with Crippen LogP contribution in [-0.2, 0) is 33.3 Å². The second-order valence-electron chi connectivity index (χ2n) is 9.83. The van der Waals surface area contributed by atoms with Crippen LogP contribution in [0.1, 0.15) is 26.8 Å². The van der Waals surface area contributed by atoms with Crippen molar-refractivity contribution in [2.24, 2.45) is 5.92 Å². The Morgan fingerprint density at radius 2 is 1.64 bits per heavy atom. The highest BCUT2D eigenvalue weighted by molar-refractivity contribution is 8.00. The summed E-state index contributed by atoms with van der Waals surface area (Å²) in [5.41, 5.74) is -2.87. The number of halogens is 6. The number of hydrogen-bond donors (Lipinski definition) is 1. The third-order valence-electron chi connectivity index (χ3n) is 7.14. The molecule has 3 amide bonds. The maximum Gasteiger partial charge on any atom is 0.418 e. The number of fused-ring (bicyclic) bond motifs is 2. The van der Waals surface area contributed by atoms with Gasteiger partial charge >= 0.3 is 17.2 Å². The Labute approximate surface area is 256 Å². The lowest BCUT2D eigenvalue weighted by Crippen LogP contribution is -2.32. The molecule has 2 unspecified atom stereocenters. The fraction of sp³-hybridized carbons (Fsp3) is 0.214. The van der Waals surface area contributed by atoms with Crippen LogP contribution < -0.4 is 15.1 Å². The van der Waals surface area contributed by atoms with Crippen LogP contribution in [0.25, 0.3) is 0 Å². The van der Waals surface area contributed by atoms with Gasteiger partial charge in [-0.2, -0.15) is 26.3 Å². The number of hydrogen-bond acceptors (Lipinski definition) is 7. The number of nitrogens with one attached hydrogen (secondary N) is 1. The minimum absolute atomic E-state index is 0.186. The minimum Gasteiger partial charge on any atom is -0.324 e. The average molecular weight is 670 g/mol. The molecule has 0 spiro atoms. The summed E-state index contributed by atoms with van der Waals surface area (Å²) in [7, 11) is 0. The SMILES string of the molecule is O=C(Cn1c2c(sc1=O)[C@H](c1cccs1)C1C(=O)N(c3cccc(C(F)(F)F)c3)C(=O)C1S2)Nc1ccccc1C(F)(F)F. The molecule has 2 aliphatic rings. The number of carbonyl (C=O) groups is 3. The fourth-order valence-electron chi connectivity index (χ4n) is 5.28. The predicted molar refractivity (Wildman–Crippen MR) is 152 cm³/mol. The van der Waals surface area contributed by atoms with E-state index in [4.69, 9.17) is 0 Å². The molecule has 2 aromatic heterocycles. The van der Waals surface area contributed by atoms with Gasteiger partial charge in [0.2, 0.25) is 17.7 Å². The van der Waals surface area contributed by atoms with E-state index in [9.17, 15) is 45.5 Å². The van der Waals surface area contributed by atoms with Crippen LogP contribution >= 0.6 is 34.4 Å². The van der Waals surface area contributed by atoms with Crippen molar-refractivity contribution >= 4 is 63.5 Å². The van der Waals surface area contributed by atoms with Gasteiger partial charge in [-0.1, -0.05) is 47.4 Å². The van der Waals surface area contributed by atoms with Gasteiger partial charge in [-0.3, -0.25) is 23.7 Å². The van der Waals surface area contributed by atoms with Crippen molar-refractivity contribution in [3.8, 4) is 0 Å². The van der Waals surface area contributed by atoms with Gasteiger partial charge in [-0.05, 0) is 41.8 Å². The molecule has 3 atom stereocenters. The highest BCUT2D eigenvalue weighted by Gasteiger charge is 2.57. The van der Waals surface area contributed by atoms with Gasteiger partial charge in [0.25, 0.3) is 0 Å². The van der Waals surface area contributed by atoms with E-state index >= 15 is 0 Å². The number of imide groups is 1. The molecule has 0 bridgehead atoms. The third-order valence-corrected chi connectivity index (χ3v) is 10.7. The van der Waals surface area contributed by atoms with Gasteiger partial charge in [-0.25, -0.2) is 4.90 Å². The van der Waals surface area contributed by atoms with Crippen LogP contribution in [0.2, 0.25) is 0 Å². The molecule has 4 aromatic rings. The van der Waals surface area contributed by atoms with Crippen LogP contribution in [0.3, 0.4) is 0 Å². The summed E-state index contributed by atoms with van der Waals surface area (Å²) < 4.78 is 81.6. The number of para-hydroxylation sites is 1. The van der Waals surface area contributed by atoms with E-state index in [1.54, 1.807) is 17.5 Å². The summed E-state index contributed by atoms with van der Waals surface area (Å²) >= 11 is 2.82. The van der Waals surface area contributed by atoms with Crippen LogP contribution in [0.4, 0.5) is 37.7 Å². The monoisotopic (exact) mass is 669 g/mol. The van der Waals surface area contributed by atoms with Gasteiger partial charge in [0.15, 0.2) is 0 Å². The smallest absolute Gasteiger partial charge is 0.324 e. The molecule has 0 radical (unpaired) electrons. The highest BCUT2D eigenvalue weighted by atomic mass is 32.2. The summed E-state index contributed by atoms with van der Waals surface area (Å²) in [6.45, 7) is -0.683. The first kappa shape index (κ1) is 30.1. The van der Waals surface area contributed by atoms with Crippen molar-refractivity contribution in [2.45, 2.75) is 35.1 Å². The molecule has 44 heavy (non-hydrogen) atoms. The number of rotatable bonds is 5. The number of carbonyl (C=O) groups excluding carboxylic acids is 3. The van der Waals surface area contributed by atoms with Gasteiger partial charge in [0.05, 0.1) is 33.4 Å². The Morgan fingerprint density at radius 3 is 2.32 bits per heavy atom. The fourth-order valence-corrected chi connectivity index (χ4v) is 9.00. The largest absolute Gasteiger partial charge is 0.418 e. The Bertz CT molecular complexity index is 1850. The van der Waals surface area contributed by atoms with E-state index in [1.165, 1.54) is 29.5 Å². The van der Waals surface area contributed by atoms with E-state index < -0.39 is 75.4 Å². The number of thiazole rings is 1. The minimum atomic E-state index is -4.75. The van der Waals surface area contributed by atoms with E-state index in [1.807, 2.05) is 0 Å². The first-order chi connectivity index (χ1) is 20.8. The highest BCUT2D eigenvalue weighted by Crippen LogP contribution is 2.54. The lowest BCUT2D eigenvalue weighted by Gasteiger charge is -2.29. The molecule has 6 rings (SSSR count). The van der Waals surface area contributed by atoms with Crippen LogP contribution in [0.15, 0.2) is 75.9 Å². The van der Waals surface area contributed by atoms with Crippen molar-refractivity contribution in [1.29, 1.82) is 0 Å². The zero-order valence-corrected chi connectivity index (χ0v) is 24.3. The van der Waals surface area contributed by atoms with E-state index in [0.717, 1.165) is 56.8 Å². The van der Waals surface area contributed by atoms with Crippen molar-refractivity contribution < 1.29 is 40.7 Å². The van der Waals surface area contributed by atoms with Crippen LogP contribution in [0, 0.1) is 5.92 Å².